The van der Waals surface area contributed by atoms with Gasteiger partial charge in [0.25, 0.3) is 0 Å². The molecule has 0 bridgehead atoms. The van der Waals surface area contributed by atoms with Crippen molar-refractivity contribution in [1.82, 2.24) is 10.2 Å². The highest BCUT2D eigenvalue weighted by Crippen LogP contribution is 2.67. The molecule has 1 aliphatic heterocycles. The van der Waals surface area contributed by atoms with Gasteiger partial charge < -0.3 is 5.32 Å². The van der Waals surface area contributed by atoms with Gasteiger partial charge in [0.2, 0.25) is 0 Å². The smallest absolute Gasteiger partial charge is 0.0110 e. The fourth-order valence-electron chi connectivity index (χ4n) is 9.47. The van der Waals surface area contributed by atoms with E-state index in [1.807, 2.05) is 0 Å². The summed E-state index contributed by atoms with van der Waals surface area (Å²) in [6, 6.07) is 0.882. The number of nitrogens with zero attached hydrogens (tertiary/aromatic N) is 1. The molecule has 0 aromatic heterocycles. The lowest BCUT2D eigenvalue weighted by Gasteiger charge is -2.62. The molecule has 8 atom stereocenters. The molecule has 0 radical (unpaired) electrons. The summed E-state index contributed by atoms with van der Waals surface area (Å²) < 4.78 is 0. The molecule has 1 unspecified atom stereocenters. The van der Waals surface area contributed by atoms with E-state index in [4.69, 9.17) is 0 Å². The monoisotopic (exact) mass is 372 g/mol. The van der Waals surface area contributed by atoms with Crippen LogP contribution in [-0.2, 0) is 0 Å². The highest BCUT2D eigenvalue weighted by Gasteiger charge is 2.60. The van der Waals surface area contributed by atoms with Crippen molar-refractivity contribution in [2.75, 3.05) is 26.2 Å². The normalized spacial score (nSPS) is 53.4. The molecule has 2 nitrogen and oxygen atoms in total. The van der Waals surface area contributed by atoms with Gasteiger partial charge in [-0.25, -0.2) is 0 Å². The van der Waals surface area contributed by atoms with Crippen LogP contribution in [0.25, 0.3) is 0 Å². The standard InChI is InChI=1S/C25H44N2/c1-4-18-7-10-22-21-9-6-19-5-8-20(27-15-13-26-14-16-27)17-25(19,3)23(21)11-12-24(18,22)2/h18-23,26H,4-17H2,1-3H3/t18-,19?,20+,21-,22-,23-,24+,25-/m0/s1. The Hall–Kier alpha value is -0.0800. The lowest BCUT2D eigenvalue weighted by Crippen LogP contribution is -2.57. The Morgan fingerprint density at radius 2 is 1.59 bits per heavy atom. The number of rotatable bonds is 2. The van der Waals surface area contributed by atoms with Gasteiger partial charge in [-0.3, -0.25) is 4.90 Å². The number of piperazine rings is 1. The van der Waals surface area contributed by atoms with E-state index in [2.05, 4.69) is 31.0 Å². The predicted molar refractivity (Wildman–Crippen MR) is 114 cm³/mol. The lowest BCUT2D eigenvalue weighted by atomic mass is 9.44. The molecule has 5 rings (SSSR count). The Bertz CT molecular complexity index is 540. The molecule has 27 heavy (non-hydrogen) atoms. The fourth-order valence-corrected chi connectivity index (χ4v) is 9.47. The second kappa shape index (κ2) is 7.01. The summed E-state index contributed by atoms with van der Waals surface area (Å²) in [6.07, 6.45) is 15.2. The lowest BCUT2D eigenvalue weighted by molar-refractivity contribution is -0.124. The Labute approximate surface area is 168 Å². The molecule has 0 aromatic rings. The van der Waals surface area contributed by atoms with Crippen molar-refractivity contribution in [3.05, 3.63) is 0 Å². The van der Waals surface area contributed by atoms with E-state index in [-0.39, 0.29) is 0 Å². The van der Waals surface area contributed by atoms with E-state index in [0.29, 0.717) is 10.8 Å². The molecule has 0 spiro atoms. The van der Waals surface area contributed by atoms with Crippen molar-refractivity contribution in [2.45, 2.75) is 91.0 Å². The molecular formula is C25H44N2. The predicted octanol–water partition coefficient (Wildman–Crippen LogP) is 5.33. The number of hydrogen-bond donors (Lipinski definition) is 1. The minimum absolute atomic E-state index is 0.641. The van der Waals surface area contributed by atoms with Gasteiger partial charge in [0, 0.05) is 32.2 Å². The molecule has 5 aliphatic rings. The first-order chi connectivity index (χ1) is 13.1. The van der Waals surface area contributed by atoms with E-state index < -0.39 is 0 Å². The summed E-state index contributed by atoms with van der Waals surface area (Å²) in [7, 11) is 0. The van der Waals surface area contributed by atoms with Crippen LogP contribution in [0.1, 0.15) is 85.0 Å². The van der Waals surface area contributed by atoms with Crippen LogP contribution < -0.4 is 5.32 Å². The van der Waals surface area contributed by atoms with Crippen LogP contribution in [0.3, 0.4) is 0 Å². The summed E-state index contributed by atoms with van der Waals surface area (Å²) in [5.74, 6) is 5.21. The van der Waals surface area contributed by atoms with Gasteiger partial charge in [-0.2, -0.15) is 0 Å². The zero-order valence-corrected chi connectivity index (χ0v) is 18.3. The molecule has 1 N–H and O–H groups in total. The average Bonchev–Trinajstić information content (AvgIpc) is 3.04. The van der Waals surface area contributed by atoms with Gasteiger partial charge in [-0.05, 0) is 98.2 Å². The second-order valence-electron chi connectivity index (χ2n) is 11.6. The van der Waals surface area contributed by atoms with Crippen LogP contribution in [0.5, 0.6) is 0 Å². The Balaban J connectivity index is 1.37. The average molecular weight is 373 g/mol. The maximum absolute atomic E-state index is 3.56. The van der Waals surface area contributed by atoms with Gasteiger partial charge in [-0.1, -0.05) is 27.2 Å². The minimum Gasteiger partial charge on any atom is -0.314 e. The van der Waals surface area contributed by atoms with Crippen LogP contribution in [-0.4, -0.2) is 37.1 Å². The summed E-state index contributed by atoms with van der Waals surface area (Å²) >= 11 is 0. The zero-order valence-electron chi connectivity index (χ0n) is 18.3. The number of nitrogens with one attached hydrogen (secondary N) is 1. The Morgan fingerprint density at radius 1 is 0.852 bits per heavy atom. The molecule has 2 heteroatoms. The van der Waals surface area contributed by atoms with Crippen LogP contribution >= 0.6 is 0 Å². The summed E-state index contributed by atoms with van der Waals surface area (Å²) in [5, 5.41) is 3.56. The fraction of sp³-hybridized carbons (Fsp3) is 1.00. The van der Waals surface area contributed by atoms with Crippen molar-refractivity contribution in [3.63, 3.8) is 0 Å². The summed E-state index contributed by atoms with van der Waals surface area (Å²) in [4.78, 5) is 2.86. The van der Waals surface area contributed by atoms with Crippen molar-refractivity contribution in [2.24, 2.45) is 40.4 Å². The van der Waals surface area contributed by atoms with Gasteiger partial charge in [0.15, 0.2) is 0 Å². The van der Waals surface area contributed by atoms with E-state index in [9.17, 15) is 0 Å². The molecule has 4 saturated carbocycles. The topological polar surface area (TPSA) is 15.3 Å². The van der Waals surface area contributed by atoms with Gasteiger partial charge in [-0.15, -0.1) is 0 Å². The van der Waals surface area contributed by atoms with E-state index in [1.54, 1.807) is 25.7 Å². The first-order valence-electron chi connectivity index (χ1n) is 12.5. The third-order valence-corrected chi connectivity index (χ3v) is 10.9. The molecule has 1 heterocycles. The summed E-state index contributed by atoms with van der Waals surface area (Å²) in [5.41, 5.74) is 1.33. The first-order valence-corrected chi connectivity index (χ1v) is 12.5. The SMILES string of the molecule is CC[C@H]1CC[C@H]2[C@@H]3CCC4CC[C@@H](N5CCNCC5)C[C@]4(C)[C@H]3CC[C@]12C. The van der Waals surface area contributed by atoms with Gasteiger partial charge >= 0.3 is 0 Å². The van der Waals surface area contributed by atoms with Crippen molar-refractivity contribution in [3.8, 4) is 0 Å². The van der Waals surface area contributed by atoms with Crippen LogP contribution in [0.2, 0.25) is 0 Å². The zero-order chi connectivity index (χ0) is 18.6. The van der Waals surface area contributed by atoms with Crippen molar-refractivity contribution >= 4 is 0 Å². The Morgan fingerprint density at radius 3 is 2.37 bits per heavy atom. The van der Waals surface area contributed by atoms with Gasteiger partial charge in [0.1, 0.15) is 0 Å². The summed E-state index contributed by atoms with van der Waals surface area (Å²) in [6.45, 7) is 12.9. The van der Waals surface area contributed by atoms with E-state index in [1.165, 1.54) is 64.7 Å². The number of fused-ring (bicyclic) bond motifs is 5. The molecule has 0 amide bonds. The first kappa shape index (κ1) is 18.9. The van der Waals surface area contributed by atoms with Crippen molar-refractivity contribution in [1.29, 1.82) is 0 Å². The molecule has 5 fully saturated rings. The highest BCUT2D eigenvalue weighted by atomic mass is 15.2. The molecule has 0 aromatic carbocycles. The maximum Gasteiger partial charge on any atom is 0.0110 e. The van der Waals surface area contributed by atoms with Crippen LogP contribution in [0, 0.1) is 40.4 Å². The molecule has 1 saturated heterocycles. The van der Waals surface area contributed by atoms with Crippen LogP contribution in [0.4, 0.5) is 0 Å². The van der Waals surface area contributed by atoms with Gasteiger partial charge in [0.05, 0.1) is 0 Å². The third kappa shape index (κ3) is 2.87. The molecular weight excluding hydrogens is 328 g/mol. The minimum atomic E-state index is 0.641. The quantitative estimate of drug-likeness (QED) is 0.705. The van der Waals surface area contributed by atoms with E-state index in [0.717, 1.165) is 35.6 Å². The molecule has 154 valence electrons. The van der Waals surface area contributed by atoms with Crippen molar-refractivity contribution < 1.29 is 0 Å². The highest BCUT2D eigenvalue weighted by molar-refractivity contribution is 5.09. The Kier molecular flexibility index (Phi) is 4.91. The van der Waals surface area contributed by atoms with E-state index >= 15 is 0 Å². The number of hydrogen-bond acceptors (Lipinski definition) is 2. The largest absolute Gasteiger partial charge is 0.314 e. The maximum atomic E-state index is 3.56. The van der Waals surface area contributed by atoms with Crippen LogP contribution in [0.15, 0.2) is 0 Å². The second-order valence-corrected chi connectivity index (χ2v) is 11.6. The molecule has 4 aliphatic carbocycles. The third-order valence-electron chi connectivity index (χ3n) is 10.9.